The summed E-state index contributed by atoms with van der Waals surface area (Å²) in [5.41, 5.74) is 0.426. The third-order valence-corrected chi connectivity index (χ3v) is 3.30. The van der Waals surface area contributed by atoms with Crippen LogP contribution in [-0.2, 0) is 22.5 Å². The Morgan fingerprint density at radius 2 is 2.36 bits per heavy atom. The number of hydrogen-bond donors (Lipinski definition) is 0. The molecule has 22 heavy (non-hydrogen) atoms. The van der Waals surface area contributed by atoms with Gasteiger partial charge in [-0.15, -0.1) is 0 Å². The molecular weight excluding hydrogens is 282 g/mol. The summed E-state index contributed by atoms with van der Waals surface area (Å²) in [6.07, 6.45) is 7.58. The van der Waals surface area contributed by atoms with E-state index in [9.17, 15) is 9.59 Å². The molecule has 6 nitrogen and oxygen atoms in total. The highest BCUT2D eigenvalue weighted by atomic mass is 16.5. The molecule has 1 unspecified atom stereocenters. The van der Waals surface area contributed by atoms with Crippen molar-refractivity contribution >= 4 is 18.0 Å². The van der Waals surface area contributed by atoms with Gasteiger partial charge in [0, 0.05) is 12.3 Å². The normalized spacial score (nSPS) is 17.1. The summed E-state index contributed by atoms with van der Waals surface area (Å²) in [6, 6.07) is 0. The van der Waals surface area contributed by atoms with Crippen LogP contribution < -0.4 is 5.56 Å². The van der Waals surface area contributed by atoms with Crippen LogP contribution in [0.2, 0.25) is 0 Å². The minimum Gasteiger partial charge on any atom is -0.427 e. The van der Waals surface area contributed by atoms with Crippen molar-refractivity contribution < 1.29 is 9.53 Å². The van der Waals surface area contributed by atoms with E-state index in [-0.39, 0.29) is 17.9 Å². The van der Waals surface area contributed by atoms with Gasteiger partial charge in [0.05, 0.1) is 12.1 Å². The van der Waals surface area contributed by atoms with Crippen LogP contribution in [0.5, 0.6) is 0 Å². The molecule has 1 aromatic heterocycles. The number of hydrogen-bond acceptors (Lipinski definition) is 5. The number of aliphatic imine (C=N–C) groups is 1. The van der Waals surface area contributed by atoms with E-state index in [0.717, 1.165) is 6.42 Å². The second-order valence-electron chi connectivity index (χ2n) is 5.23. The van der Waals surface area contributed by atoms with E-state index >= 15 is 0 Å². The molecule has 0 saturated heterocycles. The average Bonchev–Trinajstić information content (AvgIpc) is 2.65. The monoisotopic (exact) mass is 301 g/mol. The number of ether oxygens (including phenoxy) is 1. The van der Waals surface area contributed by atoms with Crippen LogP contribution in [0.4, 0.5) is 5.82 Å². The molecule has 0 saturated carbocycles. The lowest BCUT2D eigenvalue weighted by molar-refractivity contribution is -0.134. The van der Waals surface area contributed by atoms with Crippen molar-refractivity contribution in [2.45, 2.75) is 33.2 Å². The molecule has 2 rings (SSSR count). The second-order valence-corrected chi connectivity index (χ2v) is 5.23. The van der Waals surface area contributed by atoms with Gasteiger partial charge in [-0.25, -0.2) is 14.8 Å². The molecule has 0 aromatic carbocycles. The Morgan fingerprint density at radius 3 is 3.09 bits per heavy atom. The Kier molecular flexibility index (Phi) is 5.04. The fraction of sp³-hybridized carbons (Fsp3) is 0.375. The molecular formula is C16H19N3O3. The fourth-order valence-electron chi connectivity index (χ4n) is 2.15. The minimum atomic E-state index is -0.512. The molecule has 0 spiro atoms. The maximum Gasteiger partial charge on any atom is 0.335 e. The van der Waals surface area contributed by atoms with Gasteiger partial charge in [0.15, 0.2) is 5.82 Å². The smallest absolute Gasteiger partial charge is 0.335 e. The number of fused-ring (bicyclic) bond motifs is 1. The number of esters is 1. The Balaban J connectivity index is 2.18. The number of allylic oxidation sites excluding steroid dienone is 2. The maximum absolute atomic E-state index is 12.5. The van der Waals surface area contributed by atoms with Gasteiger partial charge in [0.25, 0.3) is 5.56 Å². The van der Waals surface area contributed by atoms with E-state index in [2.05, 4.69) is 23.5 Å². The Labute approximate surface area is 128 Å². The van der Waals surface area contributed by atoms with Crippen molar-refractivity contribution in [1.29, 1.82) is 0 Å². The molecule has 116 valence electrons. The molecule has 2 heterocycles. The summed E-state index contributed by atoms with van der Waals surface area (Å²) < 4.78 is 6.38. The molecule has 0 aliphatic carbocycles. The van der Waals surface area contributed by atoms with Crippen LogP contribution in [0.15, 0.2) is 40.6 Å². The van der Waals surface area contributed by atoms with Gasteiger partial charge in [-0.1, -0.05) is 19.6 Å². The summed E-state index contributed by atoms with van der Waals surface area (Å²) in [5.74, 6) is 0.472. The fourth-order valence-corrected chi connectivity index (χ4v) is 2.15. The molecule has 1 aliphatic rings. The summed E-state index contributed by atoms with van der Waals surface area (Å²) >= 11 is 0. The largest absolute Gasteiger partial charge is 0.427 e. The van der Waals surface area contributed by atoms with Gasteiger partial charge in [0.2, 0.25) is 0 Å². The molecule has 1 aromatic rings. The first kappa shape index (κ1) is 15.9. The van der Waals surface area contributed by atoms with Crippen LogP contribution in [0.25, 0.3) is 0 Å². The lowest BCUT2D eigenvalue weighted by Gasteiger charge is -2.10. The second kappa shape index (κ2) is 6.98. The summed E-state index contributed by atoms with van der Waals surface area (Å²) in [5, 5.41) is 0. The Bertz CT molecular complexity index is 701. The predicted molar refractivity (Wildman–Crippen MR) is 84.2 cm³/mol. The highest BCUT2D eigenvalue weighted by Crippen LogP contribution is 2.19. The molecule has 0 amide bonds. The van der Waals surface area contributed by atoms with Crippen LogP contribution in [-0.4, -0.2) is 21.7 Å². The van der Waals surface area contributed by atoms with Gasteiger partial charge in [-0.3, -0.25) is 9.36 Å². The zero-order valence-corrected chi connectivity index (χ0v) is 12.8. The van der Waals surface area contributed by atoms with Crippen molar-refractivity contribution in [2.24, 2.45) is 10.9 Å². The predicted octanol–water partition coefficient (Wildman–Crippen LogP) is 2.16. The van der Waals surface area contributed by atoms with Crippen molar-refractivity contribution in [2.75, 3.05) is 0 Å². The standard InChI is InChI=1S/C16H19N3O3/c1-4-5-14(20)22-12(3)9-19-10-18-15-13(16(19)21)7-6-11(2)8-17-15/h4-5,8,10-11H,3,6-7,9H2,1-2H3/b5-4+. The first-order chi connectivity index (χ1) is 10.5. The van der Waals surface area contributed by atoms with Gasteiger partial charge in [0.1, 0.15) is 12.1 Å². The lowest BCUT2D eigenvalue weighted by Crippen LogP contribution is -2.25. The third kappa shape index (κ3) is 3.78. The van der Waals surface area contributed by atoms with E-state index in [1.807, 2.05) is 6.21 Å². The van der Waals surface area contributed by atoms with E-state index in [4.69, 9.17) is 4.74 Å². The van der Waals surface area contributed by atoms with E-state index in [1.54, 1.807) is 13.0 Å². The Morgan fingerprint density at radius 1 is 1.59 bits per heavy atom. The molecule has 6 heteroatoms. The zero-order valence-electron chi connectivity index (χ0n) is 12.8. The number of aromatic nitrogens is 2. The SMILES string of the molecule is C=C(Cn1cnc2c(c1=O)CCC(C)C=N2)OC(=O)/C=C/C. The molecule has 0 bridgehead atoms. The van der Waals surface area contributed by atoms with Crippen molar-refractivity contribution in [3.63, 3.8) is 0 Å². The first-order valence-corrected chi connectivity index (χ1v) is 7.16. The summed E-state index contributed by atoms with van der Waals surface area (Å²) in [6.45, 7) is 7.51. The minimum absolute atomic E-state index is 0.0850. The maximum atomic E-state index is 12.5. The number of nitrogens with zero attached hydrogens (tertiary/aromatic N) is 3. The zero-order chi connectivity index (χ0) is 16.1. The number of rotatable bonds is 4. The highest BCUT2D eigenvalue weighted by Gasteiger charge is 2.16. The highest BCUT2D eigenvalue weighted by molar-refractivity contribution is 5.82. The molecule has 1 aliphatic heterocycles. The van der Waals surface area contributed by atoms with Crippen LogP contribution in [0.3, 0.4) is 0 Å². The Hall–Kier alpha value is -2.50. The number of carbonyl (C=O) groups excluding carboxylic acids is 1. The van der Waals surface area contributed by atoms with Crippen LogP contribution >= 0.6 is 0 Å². The third-order valence-electron chi connectivity index (χ3n) is 3.30. The van der Waals surface area contributed by atoms with Crippen molar-refractivity contribution in [1.82, 2.24) is 9.55 Å². The lowest BCUT2D eigenvalue weighted by atomic mass is 10.0. The van der Waals surface area contributed by atoms with Crippen LogP contribution in [0, 0.1) is 5.92 Å². The van der Waals surface area contributed by atoms with Crippen molar-refractivity contribution in [3.05, 3.63) is 46.7 Å². The van der Waals surface area contributed by atoms with Gasteiger partial charge in [-0.2, -0.15) is 0 Å². The molecule has 0 fully saturated rings. The molecule has 0 radical (unpaired) electrons. The van der Waals surface area contributed by atoms with Crippen molar-refractivity contribution in [3.8, 4) is 0 Å². The van der Waals surface area contributed by atoms with E-state index < -0.39 is 5.97 Å². The van der Waals surface area contributed by atoms with Gasteiger partial charge in [-0.05, 0) is 25.7 Å². The van der Waals surface area contributed by atoms with E-state index in [1.165, 1.54) is 17.0 Å². The quantitative estimate of drug-likeness (QED) is 0.485. The van der Waals surface area contributed by atoms with E-state index in [0.29, 0.717) is 23.7 Å². The average molecular weight is 301 g/mol. The summed E-state index contributed by atoms with van der Waals surface area (Å²) in [7, 11) is 0. The number of carbonyl (C=O) groups is 1. The summed E-state index contributed by atoms with van der Waals surface area (Å²) in [4.78, 5) is 32.3. The topological polar surface area (TPSA) is 73.6 Å². The van der Waals surface area contributed by atoms with Gasteiger partial charge < -0.3 is 4.74 Å². The molecule has 0 N–H and O–H groups in total. The van der Waals surface area contributed by atoms with Gasteiger partial charge >= 0.3 is 5.97 Å². The van der Waals surface area contributed by atoms with Crippen LogP contribution in [0.1, 0.15) is 25.8 Å². The first-order valence-electron chi connectivity index (χ1n) is 7.16. The molecule has 1 atom stereocenters.